The molecule has 1 aromatic carbocycles. The summed E-state index contributed by atoms with van der Waals surface area (Å²) in [5.74, 6) is 0. The molecule has 1 atom stereocenters. The molecule has 0 radical (unpaired) electrons. The lowest BCUT2D eigenvalue weighted by molar-refractivity contribution is 0.497. The Morgan fingerprint density at radius 1 is 1.32 bits per heavy atom. The molecule has 0 spiro atoms. The molecule has 2 rings (SSSR count). The van der Waals surface area contributed by atoms with Crippen LogP contribution in [0.5, 0.6) is 0 Å². The largest absolute Gasteiger partial charge is 0.311 e. The lowest BCUT2D eigenvalue weighted by Gasteiger charge is -2.18. The van der Waals surface area contributed by atoms with Gasteiger partial charge in [0.25, 0.3) is 0 Å². The van der Waals surface area contributed by atoms with Crippen molar-refractivity contribution in [2.75, 3.05) is 7.05 Å². The van der Waals surface area contributed by atoms with Crippen molar-refractivity contribution in [3.05, 3.63) is 52.8 Å². The molecule has 1 unspecified atom stereocenters. The van der Waals surface area contributed by atoms with Gasteiger partial charge < -0.3 is 5.32 Å². The fourth-order valence-corrected chi connectivity index (χ4v) is 2.49. The van der Waals surface area contributed by atoms with Gasteiger partial charge in [-0.1, -0.05) is 36.7 Å². The van der Waals surface area contributed by atoms with Gasteiger partial charge in [0.1, 0.15) is 0 Å². The predicted octanol–water partition coefficient (Wildman–Crippen LogP) is 3.45. The predicted molar refractivity (Wildman–Crippen MR) is 79.5 cm³/mol. The highest BCUT2D eigenvalue weighted by Crippen LogP contribution is 2.23. The van der Waals surface area contributed by atoms with Crippen LogP contribution in [-0.2, 0) is 13.0 Å². The van der Waals surface area contributed by atoms with E-state index in [0.29, 0.717) is 0 Å². The molecule has 0 fully saturated rings. The monoisotopic (exact) mass is 277 g/mol. The van der Waals surface area contributed by atoms with Crippen LogP contribution in [0.2, 0.25) is 5.02 Å². The Hall–Kier alpha value is -1.32. The Morgan fingerprint density at radius 2 is 2.11 bits per heavy atom. The molecule has 1 aromatic heterocycles. The molecule has 0 bridgehead atoms. The molecule has 0 aliphatic carbocycles. The molecule has 0 saturated carbocycles. The molecule has 0 saturated heterocycles. The molecule has 2 aromatic rings. The van der Waals surface area contributed by atoms with Gasteiger partial charge in [0.15, 0.2) is 0 Å². The second-order valence-electron chi connectivity index (χ2n) is 4.62. The highest BCUT2D eigenvalue weighted by molar-refractivity contribution is 6.31. The minimum Gasteiger partial charge on any atom is -0.311 e. The maximum Gasteiger partial charge on any atom is 0.0556 e. The molecule has 0 aliphatic heterocycles. The van der Waals surface area contributed by atoms with E-state index in [2.05, 4.69) is 34.2 Å². The highest BCUT2D eigenvalue weighted by Gasteiger charge is 2.15. The second-order valence-corrected chi connectivity index (χ2v) is 5.02. The number of hydrogen-bond donors (Lipinski definition) is 1. The number of rotatable bonds is 6. The van der Waals surface area contributed by atoms with E-state index in [9.17, 15) is 0 Å². The third-order valence-electron chi connectivity index (χ3n) is 3.27. The third kappa shape index (κ3) is 3.37. The summed E-state index contributed by atoms with van der Waals surface area (Å²) < 4.78 is 2.07. The first-order valence-electron chi connectivity index (χ1n) is 6.68. The van der Waals surface area contributed by atoms with Crippen molar-refractivity contribution >= 4 is 11.6 Å². The topological polar surface area (TPSA) is 29.9 Å². The van der Waals surface area contributed by atoms with Crippen LogP contribution < -0.4 is 5.32 Å². The smallest absolute Gasteiger partial charge is 0.0556 e. The van der Waals surface area contributed by atoms with Gasteiger partial charge in [-0.15, -0.1) is 0 Å². The molecular weight excluding hydrogens is 258 g/mol. The summed E-state index contributed by atoms with van der Waals surface area (Å²) in [4.78, 5) is 0. The first-order chi connectivity index (χ1) is 9.26. The average molecular weight is 278 g/mol. The molecule has 19 heavy (non-hydrogen) atoms. The lowest BCUT2D eigenvalue weighted by Crippen LogP contribution is -2.22. The van der Waals surface area contributed by atoms with Crippen LogP contribution in [-0.4, -0.2) is 16.8 Å². The van der Waals surface area contributed by atoms with Crippen LogP contribution in [0, 0.1) is 0 Å². The van der Waals surface area contributed by atoms with Crippen LogP contribution >= 0.6 is 11.6 Å². The average Bonchev–Trinajstić information content (AvgIpc) is 2.86. The third-order valence-corrected chi connectivity index (χ3v) is 3.64. The Balaban J connectivity index is 2.20. The van der Waals surface area contributed by atoms with Crippen molar-refractivity contribution in [3.8, 4) is 0 Å². The van der Waals surface area contributed by atoms with Crippen molar-refractivity contribution in [2.45, 2.75) is 32.4 Å². The quantitative estimate of drug-likeness (QED) is 0.876. The Kier molecular flexibility index (Phi) is 5.00. The zero-order chi connectivity index (χ0) is 13.7. The molecule has 0 amide bonds. The summed E-state index contributed by atoms with van der Waals surface area (Å²) in [5, 5.41) is 8.57. The molecule has 102 valence electrons. The number of hydrogen-bond acceptors (Lipinski definition) is 2. The molecule has 4 heteroatoms. The molecule has 1 N–H and O–H groups in total. The number of aryl methyl sites for hydroxylation is 1. The second kappa shape index (κ2) is 6.73. The fourth-order valence-electron chi connectivity index (χ4n) is 2.28. The van der Waals surface area contributed by atoms with Gasteiger partial charge >= 0.3 is 0 Å². The van der Waals surface area contributed by atoms with E-state index in [0.717, 1.165) is 30.0 Å². The normalized spacial score (nSPS) is 12.6. The van der Waals surface area contributed by atoms with Gasteiger partial charge in [0.2, 0.25) is 0 Å². The zero-order valence-corrected chi connectivity index (χ0v) is 12.2. The van der Waals surface area contributed by atoms with E-state index in [-0.39, 0.29) is 6.04 Å². The van der Waals surface area contributed by atoms with Crippen molar-refractivity contribution < 1.29 is 0 Å². The van der Waals surface area contributed by atoms with Crippen LogP contribution in [0.4, 0.5) is 0 Å². The first-order valence-corrected chi connectivity index (χ1v) is 7.06. The fraction of sp³-hybridized carbons (Fsp3) is 0.400. The lowest BCUT2D eigenvalue weighted by atomic mass is 10.0. The minimum atomic E-state index is 0.231. The van der Waals surface area contributed by atoms with Gasteiger partial charge in [0, 0.05) is 17.8 Å². The maximum absolute atomic E-state index is 6.24. The molecule has 3 nitrogen and oxygen atoms in total. The van der Waals surface area contributed by atoms with E-state index in [1.54, 1.807) is 0 Å². The number of benzene rings is 1. The van der Waals surface area contributed by atoms with Crippen LogP contribution in [0.3, 0.4) is 0 Å². The summed E-state index contributed by atoms with van der Waals surface area (Å²) in [7, 11) is 1.98. The number of aromatic nitrogens is 2. The summed E-state index contributed by atoms with van der Waals surface area (Å²) in [6.07, 6.45) is 3.81. The number of nitrogens with zero attached hydrogens (tertiary/aromatic N) is 2. The Labute approximate surface area is 119 Å². The van der Waals surface area contributed by atoms with Gasteiger partial charge in [0.05, 0.1) is 11.7 Å². The van der Waals surface area contributed by atoms with E-state index in [1.165, 1.54) is 5.69 Å². The van der Waals surface area contributed by atoms with Gasteiger partial charge in [-0.25, -0.2) is 0 Å². The van der Waals surface area contributed by atoms with Crippen LogP contribution in [0.1, 0.15) is 30.6 Å². The van der Waals surface area contributed by atoms with Crippen molar-refractivity contribution in [1.29, 1.82) is 0 Å². The first kappa shape index (κ1) is 14.1. The van der Waals surface area contributed by atoms with Crippen molar-refractivity contribution in [1.82, 2.24) is 15.1 Å². The molecular formula is C15H20ClN3. The summed E-state index contributed by atoms with van der Waals surface area (Å²) in [5.41, 5.74) is 2.37. The molecule has 1 heterocycles. The van der Waals surface area contributed by atoms with E-state index < -0.39 is 0 Å². The number of halogens is 1. The standard InChI is InChI=1S/C15H20ClN3/c1-3-10-19-15(8-9-18-19)14(17-2)11-12-6-4-5-7-13(12)16/h4-9,14,17H,3,10-11H2,1-2H3. The highest BCUT2D eigenvalue weighted by atomic mass is 35.5. The summed E-state index contributed by atoms with van der Waals surface area (Å²) in [6, 6.07) is 10.3. The van der Waals surface area contributed by atoms with Gasteiger partial charge in [-0.3, -0.25) is 4.68 Å². The minimum absolute atomic E-state index is 0.231. The molecule has 0 aliphatic rings. The van der Waals surface area contributed by atoms with Crippen molar-refractivity contribution in [3.63, 3.8) is 0 Å². The SMILES string of the molecule is CCCn1nccc1C(Cc1ccccc1Cl)NC. The van der Waals surface area contributed by atoms with Crippen molar-refractivity contribution in [2.24, 2.45) is 0 Å². The van der Waals surface area contributed by atoms with Gasteiger partial charge in [-0.2, -0.15) is 5.10 Å². The van der Waals surface area contributed by atoms with Gasteiger partial charge in [-0.05, 0) is 37.6 Å². The number of likely N-dealkylation sites (N-methyl/N-ethyl adjacent to an activating group) is 1. The summed E-state index contributed by atoms with van der Waals surface area (Å²) in [6.45, 7) is 3.11. The maximum atomic E-state index is 6.24. The van der Waals surface area contributed by atoms with E-state index in [1.807, 2.05) is 31.4 Å². The van der Waals surface area contributed by atoms with Crippen LogP contribution in [0.15, 0.2) is 36.5 Å². The number of nitrogens with one attached hydrogen (secondary N) is 1. The van der Waals surface area contributed by atoms with Crippen LogP contribution in [0.25, 0.3) is 0 Å². The zero-order valence-electron chi connectivity index (χ0n) is 11.4. The Bertz CT molecular complexity index is 522. The summed E-state index contributed by atoms with van der Waals surface area (Å²) >= 11 is 6.24. The Morgan fingerprint density at radius 3 is 2.79 bits per heavy atom. The van der Waals surface area contributed by atoms with E-state index >= 15 is 0 Å². The van der Waals surface area contributed by atoms with E-state index in [4.69, 9.17) is 11.6 Å².